The number of thioether (sulfide) groups is 1. The molecule has 0 aliphatic rings. The maximum Gasteiger partial charge on any atom is 0.573 e. The van der Waals surface area contributed by atoms with Crippen LogP contribution in [-0.4, -0.2) is 17.7 Å². The molecule has 23 heavy (non-hydrogen) atoms. The molecule has 0 amide bonds. The van der Waals surface area contributed by atoms with Gasteiger partial charge in [-0.25, -0.2) is 0 Å². The Hall–Kier alpha value is -1.93. The summed E-state index contributed by atoms with van der Waals surface area (Å²) in [5, 5.41) is 6.25. The summed E-state index contributed by atoms with van der Waals surface area (Å²) in [6.45, 7) is 0. The van der Waals surface area contributed by atoms with Crippen LogP contribution in [0.4, 0.5) is 24.5 Å². The second-order valence-corrected chi connectivity index (χ2v) is 5.67. The molecule has 8 heteroatoms. The summed E-state index contributed by atoms with van der Waals surface area (Å²) in [6.07, 6.45) is -2.73. The molecule has 0 unspecified atom stereocenters. The van der Waals surface area contributed by atoms with Crippen LogP contribution in [0.25, 0.3) is 0 Å². The summed E-state index contributed by atoms with van der Waals surface area (Å²) < 4.78 is 40.1. The van der Waals surface area contributed by atoms with Gasteiger partial charge >= 0.3 is 6.36 Å². The molecule has 0 heterocycles. The van der Waals surface area contributed by atoms with Crippen molar-refractivity contribution in [3.8, 4) is 5.75 Å². The Balaban J connectivity index is 1.94. The second kappa shape index (κ2) is 7.56. The maximum absolute atomic E-state index is 12.1. The number of hydrogen-bond acceptors (Lipinski definition) is 3. The highest BCUT2D eigenvalue weighted by atomic mass is 32.2. The molecule has 2 aromatic carbocycles. The zero-order valence-corrected chi connectivity index (χ0v) is 13.6. The van der Waals surface area contributed by atoms with E-state index in [4.69, 9.17) is 12.2 Å². The Morgan fingerprint density at radius 2 is 1.70 bits per heavy atom. The predicted octanol–water partition coefficient (Wildman–Crippen LogP) is 5.12. The SMILES string of the molecule is CSc1cccc(NC(=S)Nc2ccc(OC(F)(F)F)cc2)c1. The van der Waals surface area contributed by atoms with Gasteiger partial charge in [0.25, 0.3) is 0 Å². The minimum atomic E-state index is -4.70. The Bertz CT molecular complexity index is 675. The van der Waals surface area contributed by atoms with E-state index in [-0.39, 0.29) is 5.75 Å². The monoisotopic (exact) mass is 358 g/mol. The summed E-state index contributed by atoms with van der Waals surface area (Å²) in [7, 11) is 0. The van der Waals surface area contributed by atoms with E-state index in [2.05, 4.69) is 15.4 Å². The van der Waals surface area contributed by atoms with Crippen molar-refractivity contribution in [3.05, 3.63) is 48.5 Å². The van der Waals surface area contributed by atoms with E-state index >= 15 is 0 Å². The zero-order valence-electron chi connectivity index (χ0n) is 12.0. The van der Waals surface area contributed by atoms with Gasteiger partial charge in [0.15, 0.2) is 5.11 Å². The molecule has 0 aromatic heterocycles. The molecule has 0 saturated carbocycles. The lowest BCUT2D eigenvalue weighted by Crippen LogP contribution is -2.19. The fourth-order valence-electron chi connectivity index (χ4n) is 1.73. The summed E-state index contributed by atoms with van der Waals surface area (Å²) in [6, 6.07) is 13.0. The van der Waals surface area contributed by atoms with Crippen LogP contribution >= 0.6 is 24.0 Å². The predicted molar refractivity (Wildman–Crippen MR) is 91.2 cm³/mol. The molecule has 0 aliphatic heterocycles. The lowest BCUT2D eigenvalue weighted by molar-refractivity contribution is -0.274. The topological polar surface area (TPSA) is 33.3 Å². The third-order valence-electron chi connectivity index (χ3n) is 2.67. The van der Waals surface area contributed by atoms with Crippen LogP contribution in [0.15, 0.2) is 53.4 Å². The summed E-state index contributed by atoms with van der Waals surface area (Å²) in [4.78, 5) is 1.09. The molecule has 3 nitrogen and oxygen atoms in total. The Morgan fingerprint density at radius 1 is 1.04 bits per heavy atom. The van der Waals surface area contributed by atoms with E-state index in [0.717, 1.165) is 10.6 Å². The number of anilines is 2. The van der Waals surface area contributed by atoms with Crippen molar-refractivity contribution in [2.24, 2.45) is 0 Å². The van der Waals surface area contributed by atoms with Gasteiger partial charge in [-0.2, -0.15) is 0 Å². The van der Waals surface area contributed by atoms with Crippen LogP contribution in [0, 0.1) is 0 Å². The molecule has 2 N–H and O–H groups in total. The van der Waals surface area contributed by atoms with E-state index in [1.165, 1.54) is 24.3 Å². The Morgan fingerprint density at radius 3 is 2.30 bits per heavy atom. The van der Waals surface area contributed by atoms with Crippen LogP contribution in [0.3, 0.4) is 0 Å². The largest absolute Gasteiger partial charge is 0.573 e. The first-order chi connectivity index (χ1) is 10.9. The van der Waals surface area contributed by atoms with Crippen molar-refractivity contribution in [1.82, 2.24) is 0 Å². The van der Waals surface area contributed by atoms with Gasteiger partial charge in [0.05, 0.1) is 0 Å². The lowest BCUT2D eigenvalue weighted by Gasteiger charge is -2.12. The summed E-state index contributed by atoms with van der Waals surface area (Å²) in [5.41, 5.74) is 1.38. The van der Waals surface area contributed by atoms with Crippen LogP contribution in [0.2, 0.25) is 0 Å². The van der Waals surface area contributed by atoms with Crippen LogP contribution < -0.4 is 15.4 Å². The third-order valence-corrected chi connectivity index (χ3v) is 3.60. The quantitative estimate of drug-likeness (QED) is 0.586. The fourth-order valence-corrected chi connectivity index (χ4v) is 2.43. The van der Waals surface area contributed by atoms with E-state index in [1.807, 2.05) is 30.5 Å². The summed E-state index contributed by atoms with van der Waals surface area (Å²) >= 11 is 6.79. The minimum Gasteiger partial charge on any atom is -0.406 e. The van der Waals surface area contributed by atoms with Crippen molar-refractivity contribution in [2.45, 2.75) is 11.3 Å². The molecule has 0 saturated heterocycles. The van der Waals surface area contributed by atoms with E-state index < -0.39 is 6.36 Å². The maximum atomic E-state index is 12.1. The van der Waals surface area contributed by atoms with Crippen LogP contribution in [-0.2, 0) is 0 Å². The molecular formula is C15H13F3N2OS2. The van der Waals surface area contributed by atoms with Gasteiger partial charge in [-0.1, -0.05) is 6.07 Å². The molecule has 0 atom stereocenters. The number of ether oxygens (including phenoxy) is 1. The highest BCUT2D eigenvalue weighted by Gasteiger charge is 2.30. The number of thiocarbonyl (C=S) groups is 1. The molecular weight excluding hydrogens is 345 g/mol. The number of nitrogens with one attached hydrogen (secondary N) is 2. The Kier molecular flexibility index (Phi) is 5.73. The molecule has 2 rings (SSSR count). The van der Waals surface area contributed by atoms with E-state index in [0.29, 0.717) is 10.8 Å². The minimum absolute atomic E-state index is 0.283. The number of halogens is 3. The molecule has 0 radical (unpaired) electrons. The lowest BCUT2D eigenvalue weighted by atomic mass is 10.3. The number of benzene rings is 2. The molecule has 0 spiro atoms. The second-order valence-electron chi connectivity index (χ2n) is 4.38. The first kappa shape index (κ1) is 17.4. The highest BCUT2D eigenvalue weighted by Crippen LogP contribution is 2.24. The van der Waals surface area contributed by atoms with Gasteiger partial charge in [0, 0.05) is 16.3 Å². The van der Waals surface area contributed by atoms with Gasteiger partial charge in [-0.15, -0.1) is 24.9 Å². The van der Waals surface area contributed by atoms with Gasteiger partial charge in [0.1, 0.15) is 5.75 Å². The summed E-state index contributed by atoms with van der Waals surface area (Å²) in [5.74, 6) is -0.283. The zero-order chi connectivity index (χ0) is 16.9. The third kappa shape index (κ3) is 5.99. The Labute approximate surface area is 141 Å². The van der Waals surface area contributed by atoms with Crippen molar-refractivity contribution in [1.29, 1.82) is 0 Å². The van der Waals surface area contributed by atoms with Crippen molar-refractivity contribution in [3.63, 3.8) is 0 Å². The number of rotatable bonds is 4. The fraction of sp³-hybridized carbons (Fsp3) is 0.133. The first-order valence-electron chi connectivity index (χ1n) is 6.43. The van der Waals surface area contributed by atoms with E-state index in [9.17, 15) is 13.2 Å². The van der Waals surface area contributed by atoms with Gasteiger partial charge in [0.2, 0.25) is 0 Å². The molecule has 122 valence electrons. The van der Waals surface area contributed by atoms with Gasteiger partial charge < -0.3 is 15.4 Å². The van der Waals surface area contributed by atoms with Crippen LogP contribution in [0.5, 0.6) is 5.75 Å². The van der Waals surface area contributed by atoms with Gasteiger partial charge in [-0.05, 0) is 60.9 Å². The van der Waals surface area contributed by atoms with Crippen molar-refractivity contribution < 1.29 is 17.9 Å². The van der Waals surface area contributed by atoms with Gasteiger partial charge in [-0.3, -0.25) is 0 Å². The molecule has 2 aromatic rings. The molecule has 0 fully saturated rings. The van der Waals surface area contributed by atoms with Crippen LogP contribution in [0.1, 0.15) is 0 Å². The van der Waals surface area contributed by atoms with E-state index in [1.54, 1.807) is 11.8 Å². The van der Waals surface area contributed by atoms with Crippen molar-refractivity contribution in [2.75, 3.05) is 16.9 Å². The first-order valence-corrected chi connectivity index (χ1v) is 8.07. The molecule has 0 bridgehead atoms. The normalized spacial score (nSPS) is 11.0. The van der Waals surface area contributed by atoms with Crippen molar-refractivity contribution >= 4 is 40.5 Å². The standard InChI is InChI=1S/C15H13F3N2OS2/c1-23-13-4-2-3-11(9-13)20-14(22)19-10-5-7-12(8-6-10)21-15(16,17)18/h2-9H,1H3,(H2,19,20,22). The average molecular weight is 358 g/mol. The average Bonchev–Trinajstić information content (AvgIpc) is 2.48. The molecule has 0 aliphatic carbocycles. The number of hydrogen-bond donors (Lipinski definition) is 2. The number of alkyl halides is 3. The smallest absolute Gasteiger partial charge is 0.406 e. The highest BCUT2D eigenvalue weighted by molar-refractivity contribution is 7.98.